The van der Waals surface area contributed by atoms with Gasteiger partial charge in [-0.2, -0.15) is 10.4 Å². The molecule has 2 unspecified atom stereocenters. The second-order valence-corrected chi connectivity index (χ2v) is 5.83. The Morgan fingerprint density at radius 2 is 2.14 bits per heavy atom. The molecule has 2 aromatic rings. The van der Waals surface area contributed by atoms with Crippen molar-refractivity contribution in [2.24, 2.45) is 0 Å². The van der Waals surface area contributed by atoms with Crippen LogP contribution in [0.4, 0.5) is 5.82 Å². The molecule has 5 heteroatoms. The fourth-order valence-electron chi connectivity index (χ4n) is 2.48. The molecule has 21 heavy (non-hydrogen) atoms. The van der Waals surface area contributed by atoms with E-state index in [4.69, 9.17) is 11.6 Å². The Kier molecular flexibility index (Phi) is 3.52. The predicted octanol–water partition coefficient (Wildman–Crippen LogP) is 3.59. The summed E-state index contributed by atoms with van der Waals surface area (Å²) in [5, 5.41) is 21.6. The highest BCUT2D eigenvalue weighted by molar-refractivity contribution is 6.30. The third-order valence-corrected chi connectivity index (χ3v) is 4.19. The van der Waals surface area contributed by atoms with Gasteiger partial charge < -0.3 is 5.32 Å². The van der Waals surface area contributed by atoms with E-state index >= 15 is 0 Å². The van der Waals surface area contributed by atoms with Gasteiger partial charge in [0.05, 0.1) is 5.69 Å². The highest BCUT2D eigenvalue weighted by Crippen LogP contribution is 2.43. The van der Waals surface area contributed by atoms with Crippen molar-refractivity contribution in [3.8, 4) is 6.07 Å². The molecule has 1 aliphatic rings. The molecule has 1 N–H and O–H groups in total. The smallest absolute Gasteiger partial charge is 0.167 e. The quantitative estimate of drug-likeness (QED) is 0.940. The summed E-state index contributed by atoms with van der Waals surface area (Å²) < 4.78 is 0. The van der Waals surface area contributed by atoms with Crippen LogP contribution in [-0.2, 0) is 0 Å². The van der Waals surface area contributed by atoms with Gasteiger partial charge in [-0.05, 0) is 43.5 Å². The maximum atomic E-state index is 9.30. The van der Waals surface area contributed by atoms with Crippen LogP contribution in [0.3, 0.4) is 0 Å². The number of anilines is 1. The molecule has 0 radical (unpaired) electrons. The van der Waals surface area contributed by atoms with Crippen LogP contribution in [0.15, 0.2) is 24.3 Å². The van der Waals surface area contributed by atoms with Crippen molar-refractivity contribution in [3.05, 3.63) is 51.7 Å². The van der Waals surface area contributed by atoms with Gasteiger partial charge in [-0.3, -0.25) is 0 Å². The van der Waals surface area contributed by atoms with Crippen LogP contribution in [0, 0.1) is 25.2 Å². The molecule has 0 aliphatic heterocycles. The molecule has 1 aromatic carbocycles. The minimum absolute atomic E-state index is 0.284. The first kappa shape index (κ1) is 13.8. The molecule has 3 rings (SSSR count). The Morgan fingerprint density at radius 3 is 2.86 bits per heavy atom. The number of nitriles is 1. The van der Waals surface area contributed by atoms with Gasteiger partial charge in [0.1, 0.15) is 11.6 Å². The van der Waals surface area contributed by atoms with Gasteiger partial charge in [-0.1, -0.05) is 23.7 Å². The summed E-state index contributed by atoms with van der Waals surface area (Å²) in [7, 11) is 0. The topological polar surface area (TPSA) is 61.6 Å². The molecular weight excluding hydrogens is 284 g/mol. The third-order valence-electron chi connectivity index (χ3n) is 3.96. The highest BCUT2D eigenvalue weighted by Gasteiger charge is 2.39. The zero-order chi connectivity index (χ0) is 15.0. The van der Waals surface area contributed by atoms with E-state index in [0.29, 0.717) is 17.3 Å². The summed E-state index contributed by atoms with van der Waals surface area (Å²) in [5.74, 6) is 0.994. The summed E-state index contributed by atoms with van der Waals surface area (Å²) in [5.41, 5.74) is 3.48. The zero-order valence-corrected chi connectivity index (χ0v) is 12.6. The summed E-state index contributed by atoms with van der Waals surface area (Å²) in [4.78, 5) is 0. The van der Waals surface area contributed by atoms with Gasteiger partial charge in [0.25, 0.3) is 0 Å². The number of nitrogens with zero attached hydrogens (tertiary/aromatic N) is 3. The molecule has 106 valence electrons. The normalized spacial score (nSPS) is 19.9. The summed E-state index contributed by atoms with van der Waals surface area (Å²) in [6.45, 7) is 3.76. The van der Waals surface area contributed by atoms with Gasteiger partial charge in [0.2, 0.25) is 0 Å². The Morgan fingerprint density at radius 1 is 1.33 bits per heavy atom. The lowest BCUT2D eigenvalue weighted by molar-refractivity contribution is 0.931. The van der Waals surface area contributed by atoms with E-state index in [-0.39, 0.29) is 6.04 Å². The van der Waals surface area contributed by atoms with Crippen molar-refractivity contribution in [2.75, 3.05) is 5.32 Å². The molecule has 1 aliphatic carbocycles. The third kappa shape index (κ3) is 2.70. The maximum absolute atomic E-state index is 9.30. The molecule has 4 nitrogen and oxygen atoms in total. The van der Waals surface area contributed by atoms with Gasteiger partial charge in [-0.15, -0.1) is 5.10 Å². The number of aromatic nitrogens is 2. The number of hydrogen-bond acceptors (Lipinski definition) is 4. The lowest BCUT2D eigenvalue weighted by atomic mass is 10.1. The van der Waals surface area contributed by atoms with E-state index in [0.717, 1.165) is 22.7 Å². The van der Waals surface area contributed by atoms with Crippen LogP contribution < -0.4 is 5.32 Å². The Labute approximate surface area is 128 Å². The second-order valence-electron chi connectivity index (χ2n) is 5.39. The number of nitrogens with one attached hydrogen (secondary N) is 1. The van der Waals surface area contributed by atoms with E-state index < -0.39 is 0 Å². The molecule has 0 saturated heterocycles. The molecule has 0 spiro atoms. The molecule has 1 aromatic heterocycles. The average molecular weight is 299 g/mol. The average Bonchev–Trinajstić information content (AvgIpc) is 3.23. The second kappa shape index (κ2) is 5.34. The van der Waals surface area contributed by atoms with Gasteiger partial charge >= 0.3 is 0 Å². The van der Waals surface area contributed by atoms with Crippen LogP contribution in [-0.4, -0.2) is 16.2 Å². The van der Waals surface area contributed by atoms with Crippen molar-refractivity contribution in [1.82, 2.24) is 10.2 Å². The Balaban J connectivity index is 1.78. The van der Waals surface area contributed by atoms with Crippen LogP contribution in [0.1, 0.15) is 34.7 Å². The molecule has 0 amide bonds. The lowest BCUT2D eigenvalue weighted by Gasteiger charge is -2.09. The fourth-order valence-corrected chi connectivity index (χ4v) is 2.68. The van der Waals surface area contributed by atoms with Gasteiger partial charge in [0.15, 0.2) is 5.82 Å². The lowest BCUT2D eigenvalue weighted by Crippen LogP contribution is -2.10. The molecule has 1 heterocycles. The first-order chi connectivity index (χ1) is 10.1. The predicted molar refractivity (Wildman–Crippen MR) is 82.4 cm³/mol. The van der Waals surface area contributed by atoms with Crippen LogP contribution in [0.2, 0.25) is 5.02 Å². The number of halogens is 1. The number of aryl methyl sites for hydroxylation is 1. The first-order valence-electron chi connectivity index (χ1n) is 6.86. The standard InChI is InChI=1S/C16H15ClN4/c1-9-10(2)20-21-16(14(9)8-18)19-15-7-13(15)11-4-3-5-12(17)6-11/h3-6,13,15H,7H2,1-2H3,(H,19,21). The van der Waals surface area contributed by atoms with Crippen molar-refractivity contribution >= 4 is 17.4 Å². The van der Waals surface area contributed by atoms with E-state index in [9.17, 15) is 5.26 Å². The molecule has 0 bridgehead atoms. The van der Waals surface area contributed by atoms with Crippen molar-refractivity contribution in [3.63, 3.8) is 0 Å². The maximum Gasteiger partial charge on any atom is 0.167 e. The van der Waals surface area contributed by atoms with E-state index in [1.807, 2.05) is 32.0 Å². The van der Waals surface area contributed by atoms with Crippen molar-refractivity contribution in [2.45, 2.75) is 32.2 Å². The van der Waals surface area contributed by atoms with Gasteiger partial charge in [0, 0.05) is 17.0 Å². The number of hydrogen-bond donors (Lipinski definition) is 1. The molecule has 2 atom stereocenters. The minimum atomic E-state index is 0.284. The fraction of sp³-hybridized carbons (Fsp3) is 0.312. The minimum Gasteiger partial charge on any atom is -0.364 e. The zero-order valence-electron chi connectivity index (χ0n) is 11.9. The SMILES string of the molecule is Cc1nnc(NC2CC2c2cccc(Cl)c2)c(C#N)c1C. The number of rotatable bonds is 3. The highest BCUT2D eigenvalue weighted by atomic mass is 35.5. The van der Waals surface area contributed by atoms with E-state index in [1.54, 1.807) is 0 Å². The molecular formula is C16H15ClN4. The Hall–Kier alpha value is -2.12. The first-order valence-corrected chi connectivity index (χ1v) is 7.24. The van der Waals surface area contributed by atoms with E-state index in [1.165, 1.54) is 5.56 Å². The monoisotopic (exact) mass is 298 g/mol. The summed E-state index contributed by atoms with van der Waals surface area (Å²) in [6.07, 6.45) is 1.01. The van der Waals surface area contributed by atoms with Crippen molar-refractivity contribution in [1.29, 1.82) is 5.26 Å². The molecule has 1 saturated carbocycles. The Bertz CT molecular complexity index is 736. The largest absolute Gasteiger partial charge is 0.364 e. The molecule has 1 fully saturated rings. The van der Waals surface area contributed by atoms with E-state index in [2.05, 4.69) is 27.6 Å². The van der Waals surface area contributed by atoms with Crippen LogP contribution in [0.5, 0.6) is 0 Å². The van der Waals surface area contributed by atoms with Crippen molar-refractivity contribution < 1.29 is 0 Å². The summed E-state index contributed by atoms with van der Waals surface area (Å²) >= 11 is 6.02. The van der Waals surface area contributed by atoms with Crippen LogP contribution in [0.25, 0.3) is 0 Å². The number of benzene rings is 1. The van der Waals surface area contributed by atoms with Gasteiger partial charge in [-0.25, -0.2) is 0 Å². The summed E-state index contributed by atoms with van der Waals surface area (Å²) in [6, 6.07) is 10.4. The van der Waals surface area contributed by atoms with Crippen LogP contribution >= 0.6 is 11.6 Å².